The number of ether oxygens (including phenoxy) is 1. The van der Waals surface area contributed by atoms with Crippen LogP contribution in [0.4, 0.5) is 5.69 Å². The number of methoxy groups -OCH3 is 1. The van der Waals surface area contributed by atoms with Crippen molar-refractivity contribution in [2.45, 2.75) is 20.1 Å². The maximum absolute atomic E-state index is 13.1. The third-order valence-electron chi connectivity index (χ3n) is 4.07. The molecule has 3 aromatic rings. The summed E-state index contributed by atoms with van der Waals surface area (Å²) in [5.74, 6) is -0.241. The van der Waals surface area contributed by atoms with Gasteiger partial charge in [0.2, 0.25) is 5.91 Å². The van der Waals surface area contributed by atoms with Gasteiger partial charge in [-0.3, -0.25) is 14.2 Å². The van der Waals surface area contributed by atoms with Gasteiger partial charge in [-0.05, 0) is 35.9 Å². The molecule has 0 radical (unpaired) electrons. The average Bonchev–Trinajstić information content (AvgIpc) is 2.68. The van der Waals surface area contributed by atoms with Crippen LogP contribution in [0, 0.1) is 0 Å². The minimum absolute atomic E-state index is 0.0505. The zero-order valence-electron chi connectivity index (χ0n) is 15.9. The van der Waals surface area contributed by atoms with Crippen LogP contribution in [-0.4, -0.2) is 27.4 Å². The Hall–Kier alpha value is -3.23. The van der Waals surface area contributed by atoms with E-state index >= 15 is 0 Å². The van der Waals surface area contributed by atoms with Crippen LogP contribution in [0.5, 0.6) is 0 Å². The highest BCUT2D eigenvalue weighted by Gasteiger charge is 2.15. The number of nitrogens with zero attached hydrogens (tertiary/aromatic N) is 3. The van der Waals surface area contributed by atoms with E-state index in [1.165, 1.54) is 14.0 Å². The molecule has 0 unspecified atom stereocenters. The van der Waals surface area contributed by atoms with E-state index in [2.05, 4.69) is 10.4 Å². The van der Waals surface area contributed by atoms with E-state index < -0.39 is 11.2 Å². The molecule has 1 amide bonds. The summed E-state index contributed by atoms with van der Waals surface area (Å²) in [7, 11) is 1.44. The predicted octanol–water partition coefficient (Wildman–Crippen LogP) is 2.20. The van der Waals surface area contributed by atoms with Crippen molar-refractivity contribution in [2.24, 2.45) is 0 Å². The minimum Gasteiger partial charge on any atom is -0.378 e. The second kappa shape index (κ2) is 8.85. The summed E-state index contributed by atoms with van der Waals surface area (Å²) < 4.78 is 7.29. The lowest BCUT2D eigenvalue weighted by atomic mass is 10.2. The van der Waals surface area contributed by atoms with Crippen LogP contribution < -0.4 is 16.6 Å². The number of benzene rings is 2. The van der Waals surface area contributed by atoms with Gasteiger partial charge in [-0.15, -0.1) is 0 Å². The fourth-order valence-electron chi connectivity index (χ4n) is 2.79. The molecule has 1 aromatic heterocycles. The molecule has 0 aliphatic carbocycles. The number of carbonyl (C=O) groups excluding carboxylic acids is 1. The Morgan fingerprint density at radius 3 is 2.55 bits per heavy atom. The average molecular weight is 415 g/mol. The molecular formula is C20H19ClN4O4. The third kappa shape index (κ3) is 4.79. The van der Waals surface area contributed by atoms with Crippen molar-refractivity contribution >= 4 is 23.2 Å². The highest BCUT2D eigenvalue weighted by molar-refractivity contribution is 6.30. The maximum atomic E-state index is 13.1. The lowest BCUT2D eigenvalue weighted by molar-refractivity contribution is -0.114. The van der Waals surface area contributed by atoms with Gasteiger partial charge < -0.3 is 10.1 Å². The largest absolute Gasteiger partial charge is 0.378 e. The van der Waals surface area contributed by atoms with Gasteiger partial charge >= 0.3 is 5.69 Å². The summed E-state index contributed by atoms with van der Waals surface area (Å²) in [4.78, 5) is 37.2. The molecule has 0 fully saturated rings. The van der Waals surface area contributed by atoms with Crippen LogP contribution in [0.15, 0.2) is 58.1 Å². The van der Waals surface area contributed by atoms with Crippen molar-refractivity contribution in [1.82, 2.24) is 14.3 Å². The minimum atomic E-state index is -0.607. The number of anilines is 1. The molecule has 1 heterocycles. The SMILES string of the molecule is COCc1nn(-c2cccc(NC(C)=O)c2)c(=O)n(Cc2ccc(Cl)cc2)c1=O. The van der Waals surface area contributed by atoms with E-state index in [4.69, 9.17) is 16.3 Å². The molecule has 9 heteroatoms. The highest BCUT2D eigenvalue weighted by atomic mass is 35.5. The van der Waals surface area contributed by atoms with Gasteiger partial charge in [-0.2, -0.15) is 9.78 Å². The topological polar surface area (TPSA) is 95.2 Å². The lowest BCUT2D eigenvalue weighted by Crippen LogP contribution is -2.43. The third-order valence-corrected chi connectivity index (χ3v) is 4.32. The van der Waals surface area contributed by atoms with Crippen molar-refractivity contribution in [2.75, 3.05) is 12.4 Å². The standard InChI is InChI=1S/C20H19ClN4O4/c1-13(26)22-16-4-3-5-17(10-16)25-20(28)24(19(27)18(23-25)12-29-2)11-14-6-8-15(21)9-7-14/h3-10H,11-12H2,1-2H3,(H,22,26). The summed E-state index contributed by atoms with van der Waals surface area (Å²) >= 11 is 5.91. The van der Waals surface area contributed by atoms with Crippen molar-refractivity contribution in [3.8, 4) is 5.69 Å². The van der Waals surface area contributed by atoms with Crippen molar-refractivity contribution in [3.05, 3.63) is 85.6 Å². The molecule has 0 spiro atoms. The van der Waals surface area contributed by atoms with E-state index in [0.29, 0.717) is 16.4 Å². The first-order chi connectivity index (χ1) is 13.9. The second-order valence-corrected chi connectivity index (χ2v) is 6.76. The van der Waals surface area contributed by atoms with Crippen molar-refractivity contribution < 1.29 is 9.53 Å². The Morgan fingerprint density at radius 1 is 1.17 bits per heavy atom. The van der Waals surface area contributed by atoms with Crippen LogP contribution in [-0.2, 0) is 22.7 Å². The molecule has 0 saturated heterocycles. The monoisotopic (exact) mass is 414 g/mol. The molecule has 8 nitrogen and oxygen atoms in total. The van der Waals surface area contributed by atoms with Crippen molar-refractivity contribution in [1.29, 1.82) is 0 Å². The van der Waals surface area contributed by atoms with Crippen LogP contribution in [0.3, 0.4) is 0 Å². The number of hydrogen-bond acceptors (Lipinski definition) is 5. The first-order valence-electron chi connectivity index (χ1n) is 8.73. The number of hydrogen-bond donors (Lipinski definition) is 1. The number of aromatic nitrogens is 3. The maximum Gasteiger partial charge on any atom is 0.352 e. The predicted molar refractivity (Wildman–Crippen MR) is 110 cm³/mol. The van der Waals surface area contributed by atoms with Gasteiger partial charge in [0.1, 0.15) is 0 Å². The quantitative estimate of drug-likeness (QED) is 0.667. The zero-order valence-corrected chi connectivity index (χ0v) is 16.6. The molecule has 0 aliphatic heterocycles. The molecule has 0 atom stereocenters. The van der Waals surface area contributed by atoms with Gasteiger partial charge in [0.15, 0.2) is 5.69 Å². The Labute approximate surface area is 171 Å². The summed E-state index contributed by atoms with van der Waals surface area (Å²) in [5.41, 5.74) is 0.606. The fraction of sp³-hybridized carbons (Fsp3) is 0.200. The second-order valence-electron chi connectivity index (χ2n) is 6.32. The lowest BCUT2D eigenvalue weighted by Gasteiger charge is -2.13. The highest BCUT2D eigenvalue weighted by Crippen LogP contribution is 2.13. The van der Waals surface area contributed by atoms with Crippen molar-refractivity contribution in [3.63, 3.8) is 0 Å². The van der Waals surface area contributed by atoms with Gasteiger partial charge in [0, 0.05) is 24.7 Å². The summed E-state index contributed by atoms with van der Waals surface area (Å²) in [6.07, 6.45) is 0. The zero-order chi connectivity index (χ0) is 21.0. The number of nitrogens with one attached hydrogen (secondary N) is 1. The van der Waals surface area contributed by atoms with Gasteiger partial charge in [0.05, 0.1) is 18.8 Å². The Bertz CT molecular complexity index is 1150. The Balaban J connectivity index is 2.14. The molecule has 2 aromatic carbocycles. The first kappa shape index (κ1) is 20.5. The van der Waals surface area contributed by atoms with E-state index in [1.807, 2.05) is 0 Å². The molecular weight excluding hydrogens is 396 g/mol. The normalized spacial score (nSPS) is 10.7. The molecule has 3 rings (SSSR count). The van der Waals surface area contributed by atoms with Crippen LogP contribution in [0.1, 0.15) is 18.2 Å². The smallest absolute Gasteiger partial charge is 0.352 e. The number of rotatable bonds is 6. The molecule has 150 valence electrons. The number of halogens is 1. The van der Waals surface area contributed by atoms with Gasteiger partial charge in [-0.25, -0.2) is 4.79 Å². The first-order valence-corrected chi connectivity index (χ1v) is 9.11. The van der Waals surface area contributed by atoms with E-state index in [1.54, 1.807) is 48.5 Å². The summed E-state index contributed by atoms with van der Waals surface area (Å²) in [6, 6.07) is 13.5. The molecule has 29 heavy (non-hydrogen) atoms. The van der Waals surface area contributed by atoms with Crippen LogP contribution >= 0.6 is 11.6 Å². The van der Waals surface area contributed by atoms with E-state index in [9.17, 15) is 14.4 Å². The fourth-order valence-corrected chi connectivity index (χ4v) is 2.92. The Morgan fingerprint density at radius 2 is 1.90 bits per heavy atom. The summed E-state index contributed by atoms with van der Waals surface area (Å²) in [6.45, 7) is 1.39. The molecule has 0 aliphatic rings. The van der Waals surface area contributed by atoms with Gasteiger partial charge in [0.25, 0.3) is 5.56 Å². The van der Waals surface area contributed by atoms with Crippen LogP contribution in [0.2, 0.25) is 5.02 Å². The van der Waals surface area contributed by atoms with E-state index in [0.717, 1.165) is 14.8 Å². The van der Waals surface area contributed by atoms with Crippen LogP contribution in [0.25, 0.3) is 5.69 Å². The molecule has 1 N–H and O–H groups in total. The summed E-state index contributed by atoms with van der Waals surface area (Å²) in [5, 5.41) is 7.40. The van der Waals surface area contributed by atoms with Gasteiger partial charge in [-0.1, -0.05) is 29.8 Å². The number of amides is 1. The Kier molecular flexibility index (Phi) is 6.26. The molecule has 0 bridgehead atoms. The van der Waals surface area contributed by atoms with E-state index in [-0.39, 0.29) is 24.8 Å². The number of carbonyl (C=O) groups is 1. The molecule has 0 saturated carbocycles.